The fourth-order valence-electron chi connectivity index (χ4n) is 1.80. The summed E-state index contributed by atoms with van der Waals surface area (Å²) in [6.45, 7) is 6.34. The Bertz CT molecular complexity index is 503. The van der Waals surface area contributed by atoms with E-state index in [1.165, 1.54) is 16.7 Å². The highest BCUT2D eigenvalue weighted by molar-refractivity contribution is 7.07. The number of nitrogens with two attached hydrogens (primary N) is 1. The second-order valence-electron chi connectivity index (χ2n) is 4.45. The van der Waals surface area contributed by atoms with Crippen molar-refractivity contribution >= 4 is 22.7 Å². The SMILES string of the molecule is Cc1cc(N)c(NC(C)c2ccsc2)cc1C. The molecule has 2 aromatic rings. The van der Waals surface area contributed by atoms with Crippen molar-refractivity contribution in [3.05, 3.63) is 45.6 Å². The van der Waals surface area contributed by atoms with Crippen LogP contribution in [0.5, 0.6) is 0 Å². The molecule has 0 amide bonds. The molecule has 90 valence electrons. The first-order valence-corrected chi connectivity index (χ1v) is 6.67. The molecule has 1 aromatic heterocycles. The van der Waals surface area contributed by atoms with Crippen LogP contribution in [0.15, 0.2) is 29.0 Å². The number of benzene rings is 1. The first-order chi connectivity index (χ1) is 8.08. The van der Waals surface area contributed by atoms with Crippen molar-refractivity contribution in [3.63, 3.8) is 0 Å². The van der Waals surface area contributed by atoms with Gasteiger partial charge in [0.25, 0.3) is 0 Å². The Balaban J connectivity index is 2.22. The van der Waals surface area contributed by atoms with Crippen LogP contribution in [0.2, 0.25) is 0 Å². The summed E-state index contributed by atoms with van der Waals surface area (Å²) in [7, 11) is 0. The Morgan fingerprint density at radius 2 is 1.94 bits per heavy atom. The molecule has 3 heteroatoms. The molecule has 0 fully saturated rings. The van der Waals surface area contributed by atoms with Gasteiger partial charge >= 0.3 is 0 Å². The third-order valence-corrected chi connectivity index (χ3v) is 3.78. The fourth-order valence-corrected chi connectivity index (χ4v) is 2.56. The van der Waals surface area contributed by atoms with Crippen LogP contribution < -0.4 is 11.1 Å². The highest BCUT2D eigenvalue weighted by atomic mass is 32.1. The van der Waals surface area contributed by atoms with Gasteiger partial charge in [0, 0.05) is 6.04 Å². The zero-order chi connectivity index (χ0) is 12.4. The lowest BCUT2D eigenvalue weighted by atomic mass is 10.1. The minimum absolute atomic E-state index is 0.283. The molecule has 2 rings (SSSR count). The van der Waals surface area contributed by atoms with Gasteiger partial charge in [0.15, 0.2) is 0 Å². The van der Waals surface area contributed by atoms with E-state index in [-0.39, 0.29) is 6.04 Å². The zero-order valence-electron chi connectivity index (χ0n) is 10.4. The second-order valence-corrected chi connectivity index (χ2v) is 5.23. The normalized spacial score (nSPS) is 12.4. The fraction of sp³-hybridized carbons (Fsp3) is 0.286. The summed E-state index contributed by atoms with van der Waals surface area (Å²) in [5, 5.41) is 7.72. The van der Waals surface area contributed by atoms with E-state index in [9.17, 15) is 0 Å². The van der Waals surface area contributed by atoms with Crippen LogP contribution >= 0.6 is 11.3 Å². The number of hydrogen-bond donors (Lipinski definition) is 2. The van der Waals surface area contributed by atoms with Gasteiger partial charge in [-0.2, -0.15) is 11.3 Å². The van der Waals surface area contributed by atoms with E-state index in [4.69, 9.17) is 5.73 Å². The Morgan fingerprint density at radius 3 is 2.59 bits per heavy atom. The van der Waals surface area contributed by atoms with E-state index in [2.05, 4.69) is 49.0 Å². The monoisotopic (exact) mass is 246 g/mol. The van der Waals surface area contributed by atoms with Crippen LogP contribution in [-0.2, 0) is 0 Å². The summed E-state index contributed by atoms with van der Waals surface area (Å²) in [6, 6.07) is 6.57. The molecule has 1 unspecified atom stereocenters. The first kappa shape index (κ1) is 12.0. The van der Waals surface area contributed by atoms with Gasteiger partial charge in [0.1, 0.15) is 0 Å². The van der Waals surface area contributed by atoms with Gasteiger partial charge in [0.05, 0.1) is 11.4 Å². The maximum atomic E-state index is 6.03. The van der Waals surface area contributed by atoms with Gasteiger partial charge in [-0.25, -0.2) is 0 Å². The lowest BCUT2D eigenvalue weighted by Gasteiger charge is -2.17. The summed E-state index contributed by atoms with van der Waals surface area (Å²) < 4.78 is 0. The standard InChI is InChI=1S/C14H18N2S/c1-9-6-13(15)14(7-10(9)2)16-11(3)12-4-5-17-8-12/h4-8,11,16H,15H2,1-3H3. The molecular weight excluding hydrogens is 228 g/mol. The Labute approximate surface area is 106 Å². The van der Waals surface area contributed by atoms with Gasteiger partial charge < -0.3 is 11.1 Å². The van der Waals surface area contributed by atoms with Crippen LogP contribution in [0, 0.1) is 13.8 Å². The van der Waals surface area contributed by atoms with Crippen molar-refractivity contribution in [3.8, 4) is 0 Å². The number of rotatable bonds is 3. The Kier molecular flexibility index (Phi) is 3.38. The number of nitrogen functional groups attached to an aromatic ring is 1. The van der Waals surface area contributed by atoms with Crippen molar-refractivity contribution in [2.75, 3.05) is 11.1 Å². The van der Waals surface area contributed by atoms with Crippen LogP contribution in [-0.4, -0.2) is 0 Å². The van der Waals surface area contributed by atoms with Crippen molar-refractivity contribution in [2.24, 2.45) is 0 Å². The van der Waals surface area contributed by atoms with Gasteiger partial charge in [-0.1, -0.05) is 0 Å². The average Bonchev–Trinajstić information content (AvgIpc) is 2.79. The van der Waals surface area contributed by atoms with Crippen LogP contribution in [0.3, 0.4) is 0 Å². The first-order valence-electron chi connectivity index (χ1n) is 5.73. The van der Waals surface area contributed by atoms with E-state index in [1.54, 1.807) is 11.3 Å². The van der Waals surface area contributed by atoms with E-state index in [1.807, 2.05) is 6.07 Å². The number of anilines is 2. The maximum Gasteiger partial charge on any atom is 0.0581 e. The molecular formula is C14H18N2S. The van der Waals surface area contributed by atoms with Crippen molar-refractivity contribution < 1.29 is 0 Å². The summed E-state index contributed by atoms with van der Waals surface area (Å²) in [5.74, 6) is 0. The molecule has 0 spiro atoms. The lowest BCUT2D eigenvalue weighted by Crippen LogP contribution is -2.08. The van der Waals surface area contributed by atoms with Gasteiger partial charge in [-0.15, -0.1) is 0 Å². The Hall–Kier alpha value is -1.48. The van der Waals surface area contributed by atoms with Crippen molar-refractivity contribution in [2.45, 2.75) is 26.8 Å². The van der Waals surface area contributed by atoms with Crippen LogP contribution in [0.25, 0.3) is 0 Å². The summed E-state index contributed by atoms with van der Waals surface area (Å²) >= 11 is 1.72. The highest BCUT2D eigenvalue weighted by Crippen LogP contribution is 2.27. The minimum atomic E-state index is 0.283. The molecule has 0 aliphatic heterocycles. The zero-order valence-corrected chi connectivity index (χ0v) is 11.3. The van der Waals surface area contributed by atoms with Crippen LogP contribution in [0.1, 0.15) is 29.7 Å². The molecule has 0 radical (unpaired) electrons. The summed E-state index contributed by atoms with van der Waals surface area (Å²) in [6.07, 6.45) is 0. The second kappa shape index (κ2) is 4.80. The predicted octanol–water partition coefficient (Wildman–Crippen LogP) is 4.12. The number of hydrogen-bond acceptors (Lipinski definition) is 3. The minimum Gasteiger partial charge on any atom is -0.397 e. The topological polar surface area (TPSA) is 38.0 Å². The molecule has 17 heavy (non-hydrogen) atoms. The number of aryl methyl sites for hydroxylation is 2. The largest absolute Gasteiger partial charge is 0.397 e. The van der Waals surface area contributed by atoms with E-state index >= 15 is 0 Å². The molecule has 0 saturated carbocycles. The number of nitrogens with one attached hydrogen (secondary N) is 1. The summed E-state index contributed by atoms with van der Waals surface area (Å²) in [4.78, 5) is 0. The molecule has 0 bridgehead atoms. The molecule has 2 nitrogen and oxygen atoms in total. The smallest absolute Gasteiger partial charge is 0.0581 e. The summed E-state index contributed by atoms with van der Waals surface area (Å²) in [5.41, 5.74) is 11.7. The van der Waals surface area contributed by atoms with Crippen molar-refractivity contribution in [1.82, 2.24) is 0 Å². The quantitative estimate of drug-likeness (QED) is 0.799. The molecule has 3 N–H and O–H groups in total. The van der Waals surface area contributed by atoms with Gasteiger partial charge in [0.2, 0.25) is 0 Å². The predicted molar refractivity (Wildman–Crippen MR) is 76.7 cm³/mol. The molecule has 1 aromatic carbocycles. The van der Waals surface area contributed by atoms with Crippen molar-refractivity contribution in [1.29, 1.82) is 0 Å². The third kappa shape index (κ3) is 2.61. The van der Waals surface area contributed by atoms with Crippen LogP contribution in [0.4, 0.5) is 11.4 Å². The maximum absolute atomic E-state index is 6.03. The lowest BCUT2D eigenvalue weighted by molar-refractivity contribution is 0.891. The molecule has 0 aliphatic rings. The molecule has 1 heterocycles. The third-order valence-electron chi connectivity index (χ3n) is 3.08. The van der Waals surface area contributed by atoms with E-state index in [0.717, 1.165) is 11.4 Å². The van der Waals surface area contributed by atoms with Gasteiger partial charge in [-0.3, -0.25) is 0 Å². The average molecular weight is 246 g/mol. The van der Waals surface area contributed by atoms with Gasteiger partial charge in [-0.05, 0) is 66.4 Å². The number of thiophene rings is 1. The molecule has 0 saturated heterocycles. The Morgan fingerprint density at radius 1 is 1.24 bits per heavy atom. The van der Waals surface area contributed by atoms with E-state index < -0.39 is 0 Å². The van der Waals surface area contributed by atoms with E-state index in [0.29, 0.717) is 0 Å². The molecule has 1 atom stereocenters. The molecule has 0 aliphatic carbocycles. The highest BCUT2D eigenvalue weighted by Gasteiger charge is 2.08.